The third kappa shape index (κ3) is 4.71. The van der Waals surface area contributed by atoms with E-state index < -0.39 is 25.7 Å². The number of rotatable bonds is 5. The highest BCUT2D eigenvalue weighted by Gasteiger charge is 2.21. The first-order chi connectivity index (χ1) is 9.12. The summed E-state index contributed by atoms with van der Waals surface area (Å²) in [6.45, 7) is 4.43. The maximum Gasteiger partial charge on any atom is 0.262 e. The van der Waals surface area contributed by atoms with Gasteiger partial charge in [-0.3, -0.25) is 4.79 Å². The number of carbonyl (C=O) groups excluding carboxylic acids is 1. The molecule has 0 spiro atoms. The maximum atomic E-state index is 13.6. The number of halogens is 3. The second-order valence-corrected chi connectivity index (χ2v) is 7.97. The van der Waals surface area contributed by atoms with Gasteiger partial charge in [-0.1, -0.05) is 13.8 Å². The SMILES string of the molecule is CC(C)CCNC(=O)c1cc(F)c(Br)c(S(=O)(=O)Cl)c1. The van der Waals surface area contributed by atoms with E-state index in [-0.39, 0.29) is 10.0 Å². The molecule has 0 aliphatic carbocycles. The van der Waals surface area contributed by atoms with E-state index in [0.29, 0.717) is 12.5 Å². The lowest BCUT2D eigenvalue weighted by Crippen LogP contribution is -2.25. The molecule has 0 heterocycles. The zero-order chi connectivity index (χ0) is 15.5. The normalized spacial score (nSPS) is 11.7. The Morgan fingerprint density at radius 2 is 2.05 bits per heavy atom. The van der Waals surface area contributed by atoms with Gasteiger partial charge in [-0.2, -0.15) is 0 Å². The monoisotopic (exact) mass is 385 g/mol. The van der Waals surface area contributed by atoms with E-state index in [1.54, 1.807) is 0 Å². The molecule has 0 aromatic heterocycles. The summed E-state index contributed by atoms with van der Waals surface area (Å²) < 4.78 is 36.0. The molecule has 0 aliphatic heterocycles. The fraction of sp³-hybridized carbons (Fsp3) is 0.417. The van der Waals surface area contributed by atoms with Crippen LogP contribution in [0.3, 0.4) is 0 Å². The molecule has 112 valence electrons. The summed E-state index contributed by atoms with van der Waals surface area (Å²) in [4.78, 5) is 11.4. The van der Waals surface area contributed by atoms with Gasteiger partial charge < -0.3 is 5.32 Å². The summed E-state index contributed by atoms with van der Waals surface area (Å²) in [7, 11) is 1.06. The average molecular weight is 387 g/mol. The van der Waals surface area contributed by atoms with E-state index >= 15 is 0 Å². The van der Waals surface area contributed by atoms with Crippen molar-refractivity contribution in [2.24, 2.45) is 5.92 Å². The number of benzene rings is 1. The highest BCUT2D eigenvalue weighted by Crippen LogP contribution is 2.29. The molecule has 0 aliphatic rings. The van der Waals surface area contributed by atoms with Crippen LogP contribution in [0.15, 0.2) is 21.5 Å². The quantitative estimate of drug-likeness (QED) is 0.790. The minimum atomic E-state index is -4.14. The van der Waals surface area contributed by atoms with Crippen LogP contribution in [0.25, 0.3) is 0 Å². The second-order valence-electron chi connectivity index (χ2n) is 4.65. The van der Waals surface area contributed by atoms with Crippen LogP contribution in [-0.4, -0.2) is 20.9 Å². The molecule has 0 saturated carbocycles. The van der Waals surface area contributed by atoms with Crippen LogP contribution in [0.5, 0.6) is 0 Å². The lowest BCUT2D eigenvalue weighted by molar-refractivity contribution is 0.0951. The van der Waals surface area contributed by atoms with Gasteiger partial charge in [0.05, 0.1) is 4.47 Å². The Hall–Kier alpha value is -0.660. The van der Waals surface area contributed by atoms with Crippen LogP contribution >= 0.6 is 26.6 Å². The fourth-order valence-corrected chi connectivity index (χ4v) is 3.54. The molecule has 4 nitrogen and oxygen atoms in total. The molecule has 1 amide bonds. The standard InChI is InChI=1S/C12H14BrClFNO3S/c1-7(2)3-4-16-12(17)8-5-9(15)11(13)10(6-8)20(14,18)19/h5-7H,3-4H2,1-2H3,(H,16,17). The number of amides is 1. The van der Waals surface area contributed by atoms with Gasteiger partial charge in [0.2, 0.25) is 0 Å². The molecule has 0 radical (unpaired) electrons. The Labute approximate surface area is 130 Å². The van der Waals surface area contributed by atoms with Gasteiger partial charge in [-0.15, -0.1) is 0 Å². The Kier molecular flexibility index (Phi) is 5.97. The number of nitrogens with one attached hydrogen (secondary N) is 1. The van der Waals surface area contributed by atoms with Crippen molar-refractivity contribution in [3.05, 3.63) is 28.0 Å². The first kappa shape index (κ1) is 17.4. The molecule has 8 heteroatoms. The lowest BCUT2D eigenvalue weighted by atomic mass is 10.1. The van der Waals surface area contributed by atoms with Crippen molar-refractivity contribution >= 4 is 41.6 Å². The van der Waals surface area contributed by atoms with Gasteiger partial charge in [0, 0.05) is 22.8 Å². The highest BCUT2D eigenvalue weighted by atomic mass is 79.9. The lowest BCUT2D eigenvalue weighted by Gasteiger charge is -2.09. The van der Waals surface area contributed by atoms with Crippen molar-refractivity contribution in [3.63, 3.8) is 0 Å². The third-order valence-electron chi connectivity index (χ3n) is 2.53. The average Bonchev–Trinajstić information content (AvgIpc) is 2.30. The van der Waals surface area contributed by atoms with Crippen LogP contribution < -0.4 is 5.32 Å². The Morgan fingerprint density at radius 1 is 1.45 bits per heavy atom. The maximum absolute atomic E-state index is 13.6. The molecule has 0 atom stereocenters. The zero-order valence-electron chi connectivity index (χ0n) is 10.9. The molecular weight excluding hydrogens is 373 g/mol. The van der Waals surface area contributed by atoms with Crippen LogP contribution in [-0.2, 0) is 9.05 Å². The minimum absolute atomic E-state index is 0.0892. The van der Waals surface area contributed by atoms with Crippen molar-refractivity contribution in [1.82, 2.24) is 5.32 Å². The Morgan fingerprint density at radius 3 is 2.55 bits per heavy atom. The zero-order valence-corrected chi connectivity index (χ0v) is 14.1. The van der Waals surface area contributed by atoms with Gasteiger partial charge in [0.25, 0.3) is 15.0 Å². The molecular formula is C12H14BrClFNO3S. The van der Waals surface area contributed by atoms with Crippen molar-refractivity contribution in [1.29, 1.82) is 0 Å². The molecule has 0 saturated heterocycles. The largest absolute Gasteiger partial charge is 0.352 e. The molecule has 1 aromatic rings. The fourth-order valence-electron chi connectivity index (χ4n) is 1.45. The van der Waals surface area contributed by atoms with E-state index in [1.165, 1.54) is 0 Å². The molecule has 1 aromatic carbocycles. The van der Waals surface area contributed by atoms with Gasteiger partial charge >= 0.3 is 0 Å². The van der Waals surface area contributed by atoms with Crippen molar-refractivity contribution in [3.8, 4) is 0 Å². The van der Waals surface area contributed by atoms with E-state index in [9.17, 15) is 17.6 Å². The van der Waals surface area contributed by atoms with Crippen LogP contribution in [0.1, 0.15) is 30.6 Å². The first-order valence-corrected chi connectivity index (χ1v) is 8.95. The molecule has 0 fully saturated rings. The third-order valence-corrected chi connectivity index (χ3v) is 4.94. The summed E-state index contributed by atoms with van der Waals surface area (Å²) in [5.41, 5.74) is -0.0892. The van der Waals surface area contributed by atoms with Gasteiger partial charge in [0.1, 0.15) is 10.7 Å². The smallest absolute Gasteiger partial charge is 0.262 e. The molecule has 0 unspecified atom stereocenters. The molecule has 1 rings (SSSR count). The summed E-state index contributed by atoms with van der Waals surface area (Å²) in [5.74, 6) is -0.991. The van der Waals surface area contributed by atoms with Crippen LogP contribution in [0.4, 0.5) is 4.39 Å². The molecule has 1 N–H and O–H groups in total. The molecule has 0 bridgehead atoms. The van der Waals surface area contributed by atoms with E-state index in [2.05, 4.69) is 21.2 Å². The van der Waals surface area contributed by atoms with Crippen LogP contribution in [0.2, 0.25) is 0 Å². The molecule has 20 heavy (non-hydrogen) atoms. The van der Waals surface area contributed by atoms with E-state index in [1.807, 2.05) is 13.8 Å². The Bertz CT molecular complexity index is 619. The van der Waals surface area contributed by atoms with Gasteiger partial charge in [-0.05, 0) is 40.4 Å². The minimum Gasteiger partial charge on any atom is -0.352 e. The summed E-state index contributed by atoms with van der Waals surface area (Å²) in [6, 6.07) is 2.00. The second kappa shape index (κ2) is 6.87. The van der Waals surface area contributed by atoms with E-state index in [4.69, 9.17) is 10.7 Å². The predicted octanol–water partition coefficient (Wildman–Crippen LogP) is 3.29. The summed E-state index contributed by atoms with van der Waals surface area (Å²) in [5, 5.41) is 2.60. The first-order valence-electron chi connectivity index (χ1n) is 5.85. The number of carbonyl (C=O) groups is 1. The highest BCUT2D eigenvalue weighted by molar-refractivity contribution is 9.10. The van der Waals surface area contributed by atoms with Crippen LogP contribution in [0, 0.1) is 11.7 Å². The van der Waals surface area contributed by atoms with Crippen molar-refractivity contribution in [2.75, 3.05) is 6.54 Å². The summed E-state index contributed by atoms with van der Waals surface area (Å²) >= 11 is 2.80. The van der Waals surface area contributed by atoms with Crippen molar-refractivity contribution in [2.45, 2.75) is 25.2 Å². The Balaban J connectivity index is 3.03. The van der Waals surface area contributed by atoms with E-state index in [0.717, 1.165) is 18.6 Å². The van der Waals surface area contributed by atoms with Gasteiger partial charge in [0.15, 0.2) is 0 Å². The van der Waals surface area contributed by atoms with Crippen molar-refractivity contribution < 1.29 is 17.6 Å². The predicted molar refractivity (Wildman–Crippen MR) is 78.9 cm³/mol. The summed E-state index contributed by atoms with van der Waals surface area (Å²) in [6.07, 6.45) is 0.769. The number of hydrogen-bond donors (Lipinski definition) is 1. The number of hydrogen-bond acceptors (Lipinski definition) is 3. The van der Waals surface area contributed by atoms with Gasteiger partial charge in [-0.25, -0.2) is 12.8 Å². The topological polar surface area (TPSA) is 63.2 Å².